The Hall–Kier alpha value is -1.68. The van der Waals surface area contributed by atoms with Gasteiger partial charge in [-0.05, 0) is 44.5 Å². The number of hydrogen-bond acceptors (Lipinski definition) is 3. The molecule has 0 bridgehead atoms. The van der Waals surface area contributed by atoms with E-state index >= 15 is 0 Å². The standard InChI is InChI=1S/C14H20N4/c1-3-18-11-14(10-17-18)12(2)16-9-6-13-4-7-15-8-5-13/h4-5,7-8,10-12,16H,3,6,9H2,1-2H3. The second-order valence-electron chi connectivity index (χ2n) is 4.41. The smallest absolute Gasteiger partial charge is 0.0537 e. The SMILES string of the molecule is CCn1cc(C(C)NCCc2ccncc2)cn1. The molecule has 2 heterocycles. The molecule has 0 saturated carbocycles. The van der Waals surface area contributed by atoms with E-state index in [1.165, 1.54) is 11.1 Å². The van der Waals surface area contributed by atoms with Gasteiger partial charge >= 0.3 is 0 Å². The van der Waals surface area contributed by atoms with Crippen molar-refractivity contribution in [1.82, 2.24) is 20.1 Å². The molecule has 0 aliphatic rings. The molecule has 1 atom stereocenters. The summed E-state index contributed by atoms with van der Waals surface area (Å²) in [6.07, 6.45) is 8.74. The van der Waals surface area contributed by atoms with E-state index < -0.39 is 0 Å². The molecule has 0 aliphatic heterocycles. The molecule has 0 amide bonds. The predicted molar refractivity (Wildman–Crippen MR) is 72.3 cm³/mol. The molecule has 0 saturated heterocycles. The van der Waals surface area contributed by atoms with E-state index in [4.69, 9.17) is 0 Å². The van der Waals surface area contributed by atoms with E-state index in [2.05, 4.69) is 47.6 Å². The van der Waals surface area contributed by atoms with Gasteiger partial charge < -0.3 is 5.32 Å². The highest BCUT2D eigenvalue weighted by Gasteiger charge is 2.06. The summed E-state index contributed by atoms with van der Waals surface area (Å²) < 4.78 is 1.95. The molecule has 0 fully saturated rings. The first-order valence-electron chi connectivity index (χ1n) is 6.44. The zero-order valence-electron chi connectivity index (χ0n) is 11.0. The van der Waals surface area contributed by atoms with Crippen LogP contribution in [0.3, 0.4) is 0 Å². The Kier molecular flexibility index (Phi) is 4.47. The number of aromatic nitrogens is 3. The van der Waals surface area contributed by atoms with Gasteiger partial charge in [0.15, 0.2) is 0 Å². The largest absolute Gasteiger partial charge is 0.310 e. The normalized spacial score (nSPS) is 12.6. The van der Waals surface area contributed by atoms with Gasteiger partial charge in [0.05, 0.1) is 6.20 Å². The fourth-order valence-corrected chi connectivity index (χ4v) is 1.88. The topological polar surface area (TPSA) is 42.7 Å². The molecular formula is C14H20N4. The molecule has 18 heavy (non-hydrogen) atoms. The Morgan fingerprint density at radius 1 is 1.33 bits per heavy atom. The van der Waals surface area contributed by atoms with Gasteiger partial charge in [0.2, 0.25) is 0 Å². The maximum atomic E-state index is 4.29. The fraction of sp³-hybridized carbons (Fsp3) is 0.429. The van der Waals surface area contributed by atoms with Crippen molar-refractivity contribution in [3.8, 4) is 0 Å². The van der Waals surface area contributed by atoms with Crippen LogP contribution in [0.4, 0.5) is 0 Å². The molecule has 4 nitrogen and oxygen atoms in total. The van der Waals surface area contributed by atoms with E-state index in [1.807, 2.05) is 23.3 Å². The van der Waals surface area contributed by atoms with Crippen LogP contribution < -0.4 is 5.32 Å². The molecule has 0 spiro atoms. The maximum absolute atomic E-state index is 4.29. The van der Waals surface area contributed by atoms with Crippen LogP contribution in [-0.4, -0.2) is 21.3 Å². The van der Waals surface area contributed by atoms with Crippen LogP contribution in [0.2, 0.25) is 0 Å². The molecule has 2 rings (SSSR count). The van der Waals surface area contributed by atoms with Crippen molar-refractivity contribution in [3.63, 3.8) is 0 Å². The molecule has 0 aliphatic carbocycles. The number of rotatable bonds is 6. The predicted octanol–water partition coefficient (Wildman–Crippen LogP) is 2.19. The number of aryl methyl sites for hydroxylation is 1. The average Bonchev–Trinajstić information content (AvgIpc) is 2.89. The van der Waals surface area contributed by atoms with Crippen molar-refractivity contribution in [2.45, 2.75) is 32.9 Å². The van der Waals surface area contributed by atoms with Crippen LogP contribution in [0.5, 0.6) is 0 Å². The van der Waals surface area contributed by atoms with Crippen LogP contribution in [-0.2, 0) is 13.0 Å². The third-order valence-corrected chi connectivity index (χ3v) is 3.09. The quantitative estimate of drug-likeness (QED) is 0.847. The zero-order valence-corrected chi connectivity index (χ0v) is 11.0. The minimum Gasteiger partial charge on any atom is -0.310 e. The van der Waals surface area contributed by atoms with Crippen molar-refractivity contribution in [2.75, 3.05) is 6.54 Å². The van der Waals surface area contributed by atoms with Crippen molar-refractivity contribution < 1.29 is 0 Å². The van der Waals surface area contributed by atoms with Crippen LogP contribution >= 0.6 is 0 Å². The first-order chi connectivity index (χ1) is 8.79. The molecule has 96 valence electrons. The summed E-state index contributed by atoms with van der Waals surface area (Å²) in [7, 11) is 0. The third-order valence-electron chi connectivity index (χ3n) is 3.09. The van der Waals surface area contributed by atoms with Crippen molar-refractivity contribution in [2.24, 2.45) is 0 Å². The Bertz CT molecular complexity index is 464. The Morgan fingerprint density at radius 3 is 2.78 bits per heavy atom. The highest BCUT2D eigenvalue weighted by molar-refractivity contribution is 5.11. The van der Waals surface area contributed by atoms with Crippen LogP contribution in [0.15, 0.2) is 36.9 Å². The second-order valence-corrected chi connectivity index (χ2v) is 4.41. The molecule has 0 radical (unpaired) electrons. The van der Waals surface area contributed by atoms with Gasteiger partial charge in [-0.15, -0.1) is 0 Å². The zero-order chi connectivity index (χ0) is 12.8. The number of nitrogens with zero attached hydrogens (tertiary/aromatic N) is 3. The average molecular weight is 244 g/mol. The number of hydrogen-bond donors (Lipinski definition) is 1. The molecule has 0 aromatic carbocycles. The monoisotopic (exact) mass is 244 g/mol. The Balaban J connectivity index is 1.79. The number of nitrogens with one attached hydrogen (secondary N) is 1. The lowest BCUT2D eigenvalue weighted by Gasteiger charge is -2.11. The van der Waals surface area contributed by atoms with Gasteiger partial charge in [-0.25, -0.2) is 0 Å². The molecule has 1 N–H and O–H groups in total. The Morgan fingerprint density at radius 2 is 2.11 bits per heavy atom. The molecule has 1 unspecified atom stereocenters. The van der Waals surface area contributed by atoms with Gasteiger partial charge in [-0.3, -0.25) is 9.67 Å². The van der Waals surface area contributed by atoms with Gasteiger partial charge in [0.1, 0.15) is 0 Å². The maximum Gasteiger partial charge on any atom is 0.0537 e. The lowest BCUT2D eigenvalue weighted by molar-refractivity contribution is 0.575. The van der Waals surface area contributed by atoms with E-state index in [-0.39, 0.29) is 0 Å². The first kappa shape index (κ1) is 12.8. The van der Waals surface area contributed by atoms with Gasteiger partial charge in [-0.2, -0.15) is 5.10 Å². The summed E-state index contributed by atoms with van der Waals surface area (Å²) in [4.78, 5) is 4.02. The summed E-state index contributed by atoms with van der Waals surface area (Å²) in [6, 6.07) is 4.45. The van der Waals surface area contributed by atoms with E-state index in [0.29, 0.717) is 6.04 Å². The first-order valence-corrected chi connectivity index (χ1v) is 6.44. The molecule has 2 aromatic heterocycles. The minimum atomic E-state index is 0.340. The van der Waals surface area contributed by atoms with Crippen molar-refractivity contribution >= 4 is 0 Å². The van der Waals surface area contributed by atoms with E-state index in [0.717, 1.165) is 19.5 Å². The van der Waals surface area contributed by atoms with Crippen molar-refractivity contribution in [3.05, 3.63) is 48.0 Å². The minimum absolute atomic E-state index is 0.340. The summed E-state index contributed by atoms with van der Waals surface area (Å²) in [5.74, 6) is 0. The Labute approximate surface area is 108 Å². The van der Waals surface area contributed by atoms with Gasteiger partial charge in [0.25, 0.3) is 0 Å². The van der Waals surface area contributed by atoms with Gasteiger partial charge in [-0.1, -0.05) is 0 Å². The molecule has 2 aromatic rings. The molecular weight excluding hydrogens is 224 g/mol. The molecule has 4 heteroatoms. The summed E-state index contributed by atoms with van der Waals surface area (Å²) >= 11 is 0. The lowest BCUT2D eigenvalue weighted by Crippen LogP contribution is -2.21. The van der Waals surface area contributed by atoms with Crippen LogP contribution in [0.25, 0.3) is 0 Å². The van der Waals surface area contributed by atoms with Crippen LogP contribution in [0.1, 0.15) is 31.0 Å². The van der Waals surface area contributed by atoms with E-state index in [1.54, 1.807) is 0 Å². The summed E-state index contributed by atoms with van der Waals surface area (Å²) in [6.45, 7) is 6.15. The number of pyridine rings is 1. The lowest BCUT2D eigenvalue weighted by atomic mass is 10.1. The second kappa shape index (κ2) is 6.31. The summed E-state index contributed by atoms with van der Waals surface area (Å²) in [5.41, 5.74) is 2.56. The highest BCUT2D eigenvalue weighted by atomic mass is 15.3. The summed E-state index contributed by atoms with van der Waals surface area (Å²) in [5, 5.41) is 7.80. The highest BCUT2D eigenvalue weighted by Crippen LogP contribution is 2.10. The van der Waals surface area contributed by atoms with Crippen LogP contribution in [0, 0.1) is 0 Å². The van der Waals surface area contributed by atoms with Gasteiger partial charge in [0, 0.05) is 36.7 Å². The van der Waals surface area contributed by atoms with Crippen molar-refractivity contribution in [1.29, 1.82) is 0 Å². The van der Waals surface area contributed by atoms with E-state index in [9.17, 15) is 0 Å². The fourth-order valence-electron chi connectivity index (χ4n) is 1.88. The third kappa shape index (κ3) is 3.40.